The van der Waals surface area contributed by atoms with E-state index in [0.717, 1.165) is 16.5 Å². The SMILES string of the molecule is Cn1nc(C(=O)O)cc1-c1cccc2n[nH]c(Cl)c12. The highest BCUT2D eigenvalue weighted by Gasteiger charge is 2.16. The van der Waals surface area contributed by atoms with E-state index in [0.29, 0.717) is 10.8 Å². The van der Waals surface area contributed by atoms with E-state index in [4.69, 9.17) is 16.7 Å². The van der Waals surface area contributed by atoms with Gasteiger partial charge in [0.05, 0.1) is 11.2 Å². The summed E-state index contributed by atoms with van der Waals surface area (Å²) in [6, 6.07) is 7.03. The summed E-state index contributed by atoms with van der Waals surface area (Å²) in [5.74, 6) is -1.06. The van der Waals surface area contributed by atoms with Gasteiger partial charge in [0, 0.05) is 18.0 Å². The first-order valence-corrected chi connectivity index (χ1v) is 5.86. The minimum atomic E-state index is -1.06. The highest BCUT2D eigenvalue weighted by molar-refractivity contribution is 6.35. The Morgan fingerprint density at radius 1 is 1.47 bits per heavy atom. The molecule has 7 heteroatoms. The molecule has 0 saturated heterocycles. The van der Waals surface area contributed by atoms with E-state index >= 15 is 0 Å². The van der Waals surface area contributed by atoms with Gasteiger partial charge in [-0.1, -0.05) is 23.7 Å². The summed E-state index contributed by atoms with van der Waals surface area (Å²) in [4.78, 5) is 11.0. The molecule has 3 aromatic rings. The van der Waals surface area contributed by atoms with Gasteiger partial charge in [0.1, 0.15) is 5.15 Å². The van der Waals surface area contributed by atoms with Gasteiger partial charge in [-0.3, -0.25) is 9.78 Å². The van der Waals surface area contributed by atoms with Gasteiger partial charge in [0.25, 0.3) is 0 Å². The summed E-state index contributed by atoms with van der Waals surface area (Å²) in [5, 5.41) is 20.9. The van der Waals surface area contributed by atoms with E-state index < -0.39 is 5.97 Å². The zero-order chi connectivity index (χ0) is 13.6. The molecule has 0 amide bonds. The Morgan fingerprint density at radius 2 is 2.26 bits per heavy atom. The molecule has 0 saturated carbocycles. The lowest BCUT2D eigenvalue weighted by Crippen LogP contribution is -1.99. The fourth-order valence-corrected chi connectivity index (χ4v) is 2.31. The molecule has 0 unspecified atom stereocenters. The van der Waals surface area contributed by atoms with E-state index in [9.17, 15) is 4.79 Å². The Labute approximate surface area is 112 Å². The van der Waals surface area contributed by atoms with Crippen LogP contribution in [0, 0.1) is 0 Å². The second-order valence-corrected chi connectivity index (χ2v) is 4.46. The highest BCUT2D eigenvalue weighted by Crippen LogP contribution is 2.32. The molecule has 6 nitrogen and oxygen atoms in total. The maximum Gasteiger partial charge on any atom is 0.356 e. The lowest BCUT2D eigenvalue weighted by Gasteiger charge is -2.03. The summed E-state index contributed by atoms with van der Waals surface area (Å²) >= 11 is 6.09. The largest absolute Gasteiger partial charge is 0.476 e. The number of nitrogens with one attached hydrogen (secondary N) is 1. The Hall–Kier alpha value is -2.34. The number of carboxylic acids is 1. The van der Waals surface area contributed by atoms with Crippen molar-refractivity contribution in [3.63, 3.8) is 0 Å². The number of nitrogens with zero attached hydrogens (tertiary/aromatic N) is 3. The number of fused-ring (bicyclic) bond motifs is 1. The molecular formula is C12H9ClN4O2. The summed E-state index contributed by atoms with van der Waals surface area (Å²) in [7, 11) is 1.69. The molecule has 0 atom stereocenters. The van der Waals surface area contributed by atoms with Crippen molar-refractivity contribution >= 4 is 28.5 Å². The first-order valence-electron chi connectivity index (χ1n) is 5.48. The van der Waals surface area contributed by atoms with Crippen LogP contribution in [0.3, 0.4) is 0 Å². The molecule has 0 radical (unpaired) electrons. The number of aryl methyl sites for hydroxylation is 1. The van der Waals surface area contributed by atoms with Gasteiger partial charge in [0.2, 0.25) is 0 Å². The number of carboxylic acid groups (broad SMARTS) is 1. The molecule has 0 aliphatic carbocycles. The molecule has 0 aliphatic heterocycles. The Bertz CT molecular complexity index is 790. The first-order chi connectivity index (χ1) is 9.08. The van der Waals surface area contributed by atoms with Crippen LogP contribution in [0.15, 0.2) is 24.3 Å². The summed E-state index contributed by atoms with van der Waals surface area (Å²) in [6.07, 6.45) is 0. The molecule has 0 spiro atoms. The van der Waals surface area contributed by atoms with Gasteiger partial charge in [-0.25, -0.2) is 4.79 Å². The van der Waals surface area contributed by atoms with Crippen LogP contribution < -0.4 is 0 Å². The van der Waals surface area contributed by atoms with E-state index in [1.54, 1.807) is 7.05 Å². The fourth-order valence-electron chi connectivity index (χ4n) is 2.07. The first kappa shape index (κ1) is 11.7. The zero-order valence-electron chi connectivity index (χ0n) is 9.88. The lowest BCUT2D eigenvalue weighted by molar-refractivity contribution is 0.0689. The molecule has 0 fully saturated rings. The van der Waals surface area contributed by atoms with Gasteiger partial charge in [-0.15, -0.1) is 0 Å². The van der Waals surface area contributed by atoms with Crippen LogP contribution >= 0.6 is 11.6 Å². The maximum atomic E-state index is 11.0. The van der Waals surface area contributed by atoms with Crippen LogP contribution in [-0.2, 0) is 7.05 Å². The summed E-state index contributed by atoms with van der Waals surface area (Å²) < 4.78 is 1.52. The smallest absolute Gasteiger partial charge is 0.356 e. The van der Waals surface area contributed by atoms with Crippen molar-refractivity contribution in [1.82, 2.24) is 20.0 Å². The van der Waals surface area contributed by atoms with Gasteiger partial charge >= 0.3 is 5.97 Å². The minimum Gasteiger partial charge on any atom is -0.476 e. The molecule has 19 heavy (non-hydrogen) atoms. The zero-order valence-corrected chi connectivity index (χ0v) is 10.6. The van der Waals surface area contributed by atoms with Crippen LogP contribution in [-0.4, -0.2) is 31.1 Å². The number of halogens is 1. The van der Waals surface area contributed by atoms with Crippen molar-refractivity contribution in [2.24, 2.45) is 7.05 Å². The third-order valence-electron chi connectivity index (χ3n) is 2.91. The van der Waals surface area contributed by atoms with Crippen molar-refractivity contribution < 1.29 is 9.90 Å². The van der Waals surface area contributed by atoms with Crippen molar-refractivity contribution in [1.29, 1.82) is 0 Å². The van der Waals surface area contributed by atoms with Gasteiger partial charge in [-0.2, -0.15) is 10.2 Å². The van der Waals surface area contributed by atoms with Gasteiger partial charge < -0.3 is 5.11 Å². The third kappa shape index (κ3) is 1.77. The predicted octanol–water partition coefficient (Wildman–Crippen LogP) is 2.31. The Morgan fingerprint density at radius 3 is 2.95 bits per heavy atom. The number of carbonyl (C=O) groups is 1. The van der Waals surface area contributed by atoms with E-state index in [-0.39, 0.29) is 5.69 Å². The second kappa shape index (κ2) is 4.10. The molecule has 0 aliphatic rings. The topological polar surface area (TPSA) is 83.8 Å². The highest BCUT2D eigenvalue weighted by atomic mass is 35.5. The third-order valence-corrected chi connectivity index (χ3v) is 3.18. The van der Waals surface area contributed by atoms with E-state index in [1.807, 2.05) is 18.2 Å². The van der Waals surface area contributed by atoms with Crippen molar-refractivity contribution in [3.05, 3.63) is 35.1 Å². The molecule has 2 heterocycles. The fraction of sp³-hybridized carbons (Fsp3) is 0.0833. The van der Waals surface area contributed by atoms with E-state index in [2.05, 4.69) is 15.3 Å². The Kier molecular flexibility index (Phi) is 2.53. The average Bonchev–Trinajstić information content (AvgIpc) is 2.94. The number of aromatic amines is 1. The molecule has 96 valence electrons. The summed E-state index contributed by atoms with van der Waals surface area (Å²) in [5.41, 5.74) is 2.18. The van der Waals surface area contributed by atoms with Crippen LogP contribution in [0.4, 0.5) is 0 Å². The minimum absolute atomic E-state index is 0.00544. The van der Waals surface area contributed by atoms with Crippen LogP contribution in [0.5, 0.6) is 0 Å². The number of rotatable bonds is 2. The molecule has 1 aromatic carbocycles. The normalized spacial score (nSPS) is 11.1. The second-order valence-electron chi connectivity index (χ2n) is 4.08. The number of aromatic nitrogens is 4. The number of aromatic carboxylic acids is 1. The number of benzene rings is 1. The van der Waals surface area contributed by atoms with Gasteiger partial charge in [-0.05, 0) is 12.1 Å². The van der Waals surface area contributed by atoms with Crippen molar-refractivity contribution in [2.45, 2.75) is 0 Å². The quantitative estimate of drug-likeness (QED) is 0.752. The summed E-state index contributed by atoms with van der Waals surface area (Å²) in [6.45, 7) is 0. The van der Waals surface area contributed by atoms with Crippen molar-refractivity contribution in [2.75, 3.05) is 0 Å². The number of H-pyrrole nitrogens is 1. The monoisotopic (exact) mass is 276 g/mol. The Balaban J connectivity index is 2.30. The van der Waals surface area contributed by atoms with Crippen molar-refractivity contribution in [3.8, 4) is 11.3 Å². The molecule has 0 bridgehead atoms. The van der Waals surface area contributed by atoms with Crippen LogP contribution in [0.25, 0.3) is 22.2 Å². The lowest BCUT2D eigenvalue weighted by atomic mass is 10.1. The number of hydrogen-bond donors (Lipinski definition) is 2. The van der Waals surface area contributed by atoms with E-state index in [1.165, 1.54) is 10.7 Å². The van der Waals surface area contributed by atoms with Gasteiger partial charge in [0.15, 0.2) is 5.69 Å². The average molecular weight is 277 g/mol. The number of hydrogen-bond acceptors (Lipinski definition) is 3. The molecule has 2 N–H and O–H groups in total. The molecular weight excluding hydrogens is 268 g/mol. The predicted molar refractivity (Wildman–Crippen MR) is 70.3 cm³/mol. The standard InChI is InChI=1S/C12H9ClN4O2/c1-17-9(5-8(16-17)12(18)19)6-3-2-4-7-10(6)11(13)15-14-7/h2-5H,1H3,(H,14,15)(H,18,19). The van der Waals surface area contributed by atoms with Crippen LogP contribution in [0.2, 0.25) is 5.15 Å². The van der Waals surface area contributed by atoms with Crippen LogP contribution in [0.1, 0.15) is 10.5 Å². The molecule has 3 rings (SSSR count). The maximum absolute atomic E-state index is 11.0. The molecule has 2 aromatic heterocycles.